The van der Waals surface area contributed by atoms with Crippen molar-refractivity contribution in [2.24, 2.45) is 0 Å². The van der Waals surface area contributed by atoms with Crippen LogP contribution in [0.1, 0.15) is 0 Å². The number of alkyl halides is 4. The number of halogens is 4. The van der Waals surface area contributed by atoms with Crippen molar-refractivity contribution in [2.75, 3.05) is 14.2 Å². The molecule has 0 saturated heterocycles. The molecule has 0 rings (SSSR count). The van der Waals surface area contributed by atoms with E-state index in [9.17, 15) is 27.2 Å². The summed E-state index contributed by atoms with van der Waals surface area (Å²) in [7, 11) is 1.82. The molecular formula is C8H8F4O4. The number of ether oxygens (including phenoxy) is 2. The van der Waals surface area contributed by atoms with E-state index >= 15 is 0 Å². The normalized spacial score (nSPS) is 14.2. The fourth-order valence-electron chi connectivity index (χ4n) is 0.720. The zero-order valence-electron chi connectivity index (χ0n) is 8.30. The van der Waals surface area contributed by atoms with Gasteiger partial charge in [-0.05, 0) is 0 Å². The first-order valence-electron chi connectivity index (χ1n) is 3.82. The number of methoxy groups -OCH3 is 2. The average Bonchev–Trinajstić information content (AvgIpc) is 2.21. The van der Waals surface area contributed by atoms with Crippen LogP contribution in [0.4, 0.5) is 17.6 Å². The third-order valence-corrected chi connectivity index (χ3v) is 1.42. The number of carbonyl (C=O) groups excluding carboxylic acids is 2. The Labute approximate surface area is 87.8 Å². The van der Waals surface area contributed by atoms with Crippen LogP contribution in [-0.2, 0) is 19.1 Å². The highest BCUT2D eigenvalue weighted by Crippen LogP contribution is 2.25. The summed E-state index contributed by atoms with van der Waals surface area (Å²) in [5.74, 6) is -3.46. The van der Waals surface area contributed by atoms with Crippen molar-refractivity contribution < 1.29 is 36.6 Å². The van der Waals surface area contributed by atoms with Crippen LogP contribution >= 0.6 is 0 Å². The van der Waals surface area contributed by atoms with Gasteiger partial charge in [-0.2, -0.15) is 13.2 Å². The minimum absolute atomic E-state index is 0.395. The summed E-state index contributed by atoms with van der Waals surface area (Å²) in [6, 6.07) is 0. The molecule has 0 aliphatic rings. The SMILES string of the molecule is COC=C(C(=O)OC)C(=O)C(F)C(F)(F)F. The van der Waals surface area contributed by atoms with Crippen molar-refractivity contribution in [1.29, 1.82) is 0 Å². The number of Topliss-reactive ketones (excluding diaryl/α,β-unsaturated/α-hetero) is 1. The highest BCUT2D eigenvalue weighted by atomic mass is 19.4. The Morgan fingerprint density at radius 3 is 2.06 bits per heavy atom. The van der Waals surface area contributed by atoms with E-state index in [1.165, 1.54) is 0 Å². The molecule has 1 atom stereocenters. The zero-order valence-corrected chi connectivity index (χ0v) is 8.30. The molecule has 0 bridgehead atoms. The van der Waals surface area contributed by atoms with Gasteiger partial charge in [0.2, 0.25) is 5.78 Å². The van der Waals surface area contributed by atoms with E-state index in [1.807, 2.05) is 0 Å². The molecule has 0 N–H and O–H groups in total. The molecule has 0 heterocycles. The van der Waals surface area contributed by atoms with Gasteiger partial charge in [0.05, 0.1) is 14.2 Å². The summed E-state index contributed by atoms with van der Waals surface area (Å²) in [5, 5.41) is 0. The third kappa shape index (κ3) is 3.52. The lowest BCUT2D eigenvalue weighted by atomic mass is 10.1. The van der Waals surface area contributed by atoms with Gasteiger partial charge < -0.3 is 9.47 Å². The molecule has 0 aliphatic heterocycles. The molecule has 0 radical (unpaired) electrons. The first-order chi connectivity index (χ1) is 7.25. The lowest BCUT2D eigenvalue weighted by Gasteiger charge is -2.11. The van der Waals surface area contributed by atoms with Gasteiger partial charge in [0.25, 0.3) is 6.17 Å². The molecule has 0 aromatic carbocycles. The predicted octanol–water partition coefficient (Wildman–Crippen LogP) is 1.16. The van der Waals surface area contributed by atoms with Crippen molar-refractivity contribution in [3.8, 4) is 0 Å². The van der Waals surface area contributed by atoms with Crippen LogP contribution in [0.5, 0.6) is 0 Å². The summed E-state index contributed by atoms with van der Waals surface area (Å²) in [5.41, 5.74) is -1.14. The molecule has 0 fully saturated rings. The highest BCUT2D eigenvalue weighted by molar-refractivity contribution is 6.18. The van der Waals surface area contributed by atoms with Crippen LogP contribution in [0.3, 0.4) is 0 Å². The van der Waals surface area contributed by atoms with E-state index in [2.05, 4.69) is 9.47 Å². The second-order valence-electron chi connectivity index (χ2n) is 2.53. The summed E-state index contributed by atoms with van der Waals surface area (Å²) in [6.07, 6.45) is -8.77. The van der Waals surface area contributed by atoms with E-state index in [1.54, 1.807) is 0 Å². The summed E-state index contributed by atoms with van der Waals surface area (Å²) in [6.45, 7) is 0. The Balaban J connectivity index is 5.05. The summed E-state index contributed by atoms with van der Waals surface area (Å²) < 4.78 is 56.3. The lowest BCUT2D eigenvalue weighted by molar-refractivity contribution is -0.183. The van der Waals surface area contributed by atoms with Gasteiger partial charge in [0.15, 0.2) is 0 Å². The molecule has 16 heavy (non-hydrogen) atoms. The summed E-state index contributed by atoms with van der Waals surface area (Å²) >= 11 is 0. The number of esters is 1. The van der Waals surface area contributed by atoms with Gasteiger partial charge in [-0.25, -0.2) is 9.18 Å². The minimum Gasteiger partial charge on any atom is -0.503 e. The molecule has 0 amide bonds. The molecule has 0 aromatic rings. The smallest absolute Gasteiger partial charge is 0.427 e. The molecule has 0 aliphatic carbocycles. The van der Waals surface area contributed by atoms with Crippen LogP contribution in [0.2, 0.25) is 0 Å². The van der Waals surface area contributed by atoms with Gasteiger partial charge >= 0.3 is 12.1 Å². The van der Waals surface area contributed by atoms with E-state index in [0.717, 1.165) is 14.2 Å². The predicted molar refractivity (Wildman–Crippen MR) is 43.1 cm³/mol. The first kappa shape index (κ1) is 14.4. The van der Waals surface area contributed by atoms with Crippen molar-refractivity contribution >= 4 is 11.8 Å². The Morgan fingerprint density at radius 1 is 1.25 bits per heavy atom. The Morgan fingerprint density at radius 2 is 1.75 bits per heavy atom. The molecule has 92 valence electrons. The van der Waals surface area contributed by atoms with E-state index in [4.69, 9.17) is 0 Å². The second-order valence-corrected chi connectivity index (χ2v) is 2.53. The largest absolute Gasteiger partial charge is 0.503 e. The van der Waals surface area contributed by atoms with E-state index in [-0.39, 0.29) is 0 Å². The van der Waals surface area contributed by atoms with Gasteiger partial charge in [-0.15, -0.1) is 0 Å². The van der Waals surface area contributed by atoms with Crippen LogP contribution < -0.4 is 0 Å². The molecular weight excluding hydrogens is 236 g/mol. The monoisotopic (exact) mass is 244 g/mol. The lowest BCUT2D eigenvalue weighted by Crippen LogP contribution is -2.35. The third-order valence-electron chi connectivity index (χ3n) is 1.42. The maximum atomic E-state index is 12.6. The quantitative estimate of drug-likeness (QED) is 0.186. The highest BCUT2D eigenvalue weighted by Gasteiger charge is 2.47. The number of carbonyl (C=O) groups is 2. The number of hydrogen-bond donors (Lipinski definition) is 0. The van der Waals surface area contributed by atoms with Crippen molar-refractivity contribution in [3.05, 3.63) is 11.8 Å². The van der Waals surface area contributed by atoms with Gasteiger partial charge in [-0.3, -0.25) is 4.79 Å². The van der Waals surface area contributed by atoms with Crippen molar-refractivity contribution in [2.45, 2.75) is 12.3 Å². The van der Waals surface area contributed by atoms with Crippen LogP contribution in [-0.4, -0.2) is 38.3 Å². The Kier molecular flexibility index (Phi) is 4.93. The minimum atomic E-state index is -5.38. The fourth-order valence-corrected chi connectivity index (χ4v) is 0.720. The molecule has 0 spiro atoms. The van der Waals surface area contributed by atoms with Gasteiger partial charge in [-0.1, -0.05) is 0 Å². The topological polar surface area (TPSA) is 52.6 Å². The van der Waals surface area contributed by atoms with E-state index < -0.39 is 29.7 Å². The fraction of sp³-hybridized carbons (Fsp3) is 0.500. The molecule has 0 aromatic heterocycles. The van der Waals surface area contributed by atoms with Gasteiger partial charge in [0, 0.05) is 0 Å². The second kappa shape index (κ2) is 5.47. The van der Waals surface area contributed by atoms with E-state index in [0.29, 0.717) is 6.26 Å². The average molecular weight is 244 g/mol. The maximum absolute atomic E-state index is 12.6. The van der Waals surface area contributed by atoms with Crippen LogP contribution in [0.25, 0.3) is 0 Å². The number of rotatable bonds is 4. The Hall–Kier alpha value is -1.60. The van der Waals surface area contributed by atoms with Crippen molar-refractivity contribution in [3.63, 3.8) is 0 Å². The molecule has 8 heteroatoms. The molecule has 1 unspecified atom stereocenters. The van der Waals surface area contributed by atoms with Gasteiger partial charge in [0.1, 0.15) is 11.8 Å². The van der Waals surface area contributed by atoms with Crippen LogP contribution in [0, 0.1) is 0 Å². The molecule has 4 nitrogen and oxygen atoms in total. The number of ketones is 1. The zero-order chi connectivity index (χ0) is 12.9. The number of hydrogen-bond acceptors (Lipinski definition) is 4. The van der Waals surface area contributed by atoms with Crippen LogP contribution in [0.15, 0.2) is 11.8 Å². The Bertz CT molecular complexity index is 308. The van der Waals surface area contributed by atoms with Crippen molar-refractivity contribution in [1.82, 2.24) is 0 Å². The molecule has 0 saturated carbocycles. The first-order valence-corrected chi connectivity index (χ1v) is 3.82. The maximum Gasteiger partial charge on any atom is 0.427 e. The standard InChI is InChI=1S/C8H8F4O4/c1-15-3-4(7(14)16-2)5(13)6(9)8(10,11)12/h3,6H,1-2H3. The summed E-state index contributed by atoms with van der Waals surface area (Å²) in [4.78, 5) is 21.8.